The highest BCUT2D eigenvalue weighted by molar-refractivity contribution is 9.10. The van der Waals surface area contributed by atoms with E-state index in [4.69, 9.17) is 16.3 Å². The molecule has 0 radical (unpaired) electrons. The van der Waals surface area contributed by atoms with Crippen molar-refractivity contribution in [3.8, 4) is 5.75 Å². The van der Waals surface area contributed by atoms with Gasteiger partial charge in [0.25, 0.3) is 0 Å². The lowest BCUT2D eigenvalue weighted by atomic mass is 9.93. The number of hydrogen-bond acceptors (Lipinski definition) is 2. The largest absolute Gasteiger partial charge is 0.485 e. The Morgan fingerprint density at radius 2 is 2.05 bits per heavy atom. The lowest BCUT2D eigenvalue weighted by Gasteiger charge is -2.32. The SMILES string of the molecule is CNC1CC(c2cc(Br)ccc2Cl)Oc2ccc(F)cc21. The molecule has 0 amide bonds. The molecule has 0 spiro atoms. The first-order valence-corrected chi connectivity index (χ1v) is 7.84. The van der Waals surface area contributed by atoms with Crippen molar-refractivity contribution in [2.24, 2.45) is 0 Å². The molecule has 1 aliphatic rings. The first kappa shape index (κ1) is 14.8. The van der Waals surface area contributed by atoms with E-state index in [1.54, 1.807) is 6.07 Å². The Balaban J connectivity index is 2.00. The van der Waals surface area contributed by atoms with Crippen molar-refractivity contribution in [1.29, 1.82) is 0 Å². The summed E-state index contributed by atoms with van der Waals surface area (Å²) in [5.74, 6) is 0.444. The van der Waals surface area contributed by atoms with Crippen LogP contribution in [0.1, 0.15) is 29.7 Å². The summed E-state index contributed by atoms with van der Waals surface area (Å²) in [6, 6.07) is 10.4. The van der Waals surface area contributed by atoms with Crippen LogP contribution in [0.3, 0.4) is 0 Å². The fourth-order valence-corrected chi connectivity index (χ4v) is 3.28. The third-order valence-corrected chi connectivity index (χ3v) is 4.56. The lowest BCUT2D eigenvalue weighted by molar-refractivity contribution is 0.153. The van der Waals surface area contributed by atoms with E-state index in [9.17, 15) is 4.39 Å². The molecule has 1 aliphatic heterocycles. The molecule has 1 N–H and O–H groups in total. The fourth-order valence-electron chi connectivity index (χ4n) is 2.67. The van der Waals surface area contributed by atoms with E-state index in [0.717, 1.165) is 15.6 Å². The average molecular weight is 371 g/mol. The number of fused-ring (bicyclic) bond motifs is 1. The second-order valence-electron chi connectivity index (χ2n) is 5.03. The zero-order valence-corrected chi connectivity index (χ0v) is 13.7. The van der Waals surface area contributed by atoms with Crippen molar-refractivity contribution in [3.63, 3.8) is 0 Å². The molecule has 110 valence electrons. The molecular weight excluding hydrogens is 357 g/mol. The Labute approximate surface area is 136 Å². The Kier molecular flexibility index (Phi) is 4.20. The van der Waals surface area contributed by atoms with Gasteiger partial charge in [0.05, 0.1) is 0 Å². The molecular formula is C16H14BrClFNO. The zero-order valence-electron chi connectivity index (χ0n) is 11.4. The maximum atomic E-state index is 13.4. The van der Waals surface area contributed by atoms with E-state index < -0.39 is 0 Å². The van der Waals surface area contributed by atoms with Crippen LogP contribution in [-0.2, 0) is 0 Å². The summed E-state index contributed by atoms with van der Waals surface area (Å²) >= 11 is 9.75. The smallest absolute Gasteiger partial charge is 0.127 e. The highest BCUT2D eigenvalue weighted by atomic mass is 79.9. The summed E-state index contributed by atoms with van der Waals surface area (Å²) in [5.41, 5.74) is 1.78. The molecule has 0 bridgehead atoms. The van der Waals surface area contributed by atoms with Gasteiger partial charge in [0.1, 0.15) is 17.7 Å². The lowest BCUT2D eigenvalue weighted by Crippen LogP contribution is -2.27. The average Bonchev–Trinajstić information content (AvgIpc) is 2.48. The summed E-state index contributed by atoms with van der Waals surface area (Å²) in [7, 11) is 1.87. The number of benzene rings is 2. The van der Waals surface area contributed by atoms with Gasteiger partial charge in [-0.1, -0.05) is 27.5 Å². The molecule has 0 saturated carbocycles. The summed E-state index contributed by atoms with van der Waals surface area (Å²) in [5, 5.41) is 3.89. The number of halogens is 3. The van der Waals surface area contributed by atoms with Crippen LogP contribution in [-0.4, -0.2) is 7.05 Å². The molecule has 2 atom stereocenters. The van der Waals surface area contributed by atoms with Gasteiger partial charge in [0.15, 0.2) is 0 Å². The Morgan fingerprint density at radius 1 is 1.24 bits per heavy atom. The molecule has 2 aromatic carbocycles. The van der Waals surface area contributed by atoms with Crippen LogP contribution in [0.25, 0.3) is 0 Å². The fraction of sp³-hybridized carbons (Fsp3) is 0.250. The molecule has 2 unspecified atom stereocenters. The highest BCUT2D eigenvalue weighted by Gasteiger charge is 2.30. The molecule has 0 aromatic heterocycles. The summed E-state index contributed by atoms with van der Waals surface area (Å²) in [6.45, 7) is 0. The zero-order chi connectivity index (χ0) is 15.0. The Hall–Kier alpha value is -1.10. The van der Waals surface area contributed by atoms with Crippen LogP contribution in [0, 0.1) is 5.82 Å². The Morgan fingerprint density at radius 3 is 2.81 bits per heavy atom. The van der Waals surface area contributed by atoms with E-state index in [0.29, 0.717) is 17.2 Å². The molecule has 2 nitrogen and oxygen atoms in total. The Bertz CT molecular complexity index is 679. The van der Waals surface area contributed by atoms with Gasteiger partial charge in [-0.25, -0.2) is 4.39 Å². The van der Waals surface area contributed by atoms with Crippen molar-refractivity contribution in [1.82, 2.24) is 5.32 Å². The van der Waals surface area contributed by atoms with Gasteiger partial charge in [-0.2, -0.15) is 0 Å². The van der Waals surface area contributed by atoms with Gasteiger partial charge in [0.2, 0.25) is 0 Å². The number of hydrogen-bond donors (Lipinski definition) is 1. The topological polar surface area (TPSA) is 21.3 Å². The van der Waals surface area contributed by atoms with Crippen molar-refractivity contribution in [2.45, 2.75) is 18.6 Å². The van der Waals surface area contributed by atoms with E-state index in [-0.39, 0.29) is 18.0 Å². The van der Waals surface area contributed by atoms with E-state index in [1.807, 2.05) is 25.2 Å². The third kappa shape index (κ3) is 2.93. The van der Waals surface area contributed by atoms with E-state index >= 15 is 0 Å². The molecule has 5 heteroatoms. The molecule has 0 saturated heterocycles. The molecule has 21 heavy (non-hydrogen) atoms. The summed E-state index contributed by atoms with van der Waals surface area (Å²) in [4.78, 5) is 0. The number of rotatable bonds is 2. The first-order chi connectivity index (χ1) is 10.1. The maximum absolute atomic E-state index is 13.4. The van der Waals surface area contributed by atoms with Gasteiger partial charge in [-0.3, -0.25) is 0 Å². The summed E-state index contributed by atoms with van der Waals surface area (Å²) < 4.78 is 20.4. The summed E-state index contributed by atoms with van der Waals surface area (Å²) in [6.07, 6.45) is 0.536. The standard InChI is InChI=1S/C16H14BrClFNO/c1-20-14-8-16(11-6-9(17)2-4-13(11)18)21-15-5-3-10(19)7-12(14)15/h2-7,14,16,20H,8H2,1H3. The minimum atomic E-state index is -0.253. The molecule has 1 heterocycles. The van der Waals surface area contributed by atoms with Gasteiger partial charge in [0, 0.05) is 33.1 Å². The van der Waals surface area contributed by atoms with Crippen molar-refractivity contribution < 1.29 is 9.13 Å². The third-order valence-electron chi connectivity index (χ3n) is 3.72. The minimum Gasteiger partial charge on any atom is -0.485 e. The maximum Gasteiger partial charge on any atom is 0.127 e. The van der Waals surface area contributed by atoms with Crippen LogP contribution in [0.4, 0.5) is 4.39 Å². The normalized spacial score (nSPS) is 20.8. The molecule has 0 fully saturated rings. The molecule has 2 aromatic rings. The second-order valence-corrected chi connectivity index (χ2v) is 6.35. The number of nitrogens with one attached hydrogen (secondary N) is 1. The number of ether oxygens (including phenoxy) is 1. The molecule has 0 aliphatic carbocycles. The van der Waals surface area contributed by atoms with Crippen LogP contribution in [0.15, 0.2) is 40.9 Å². The van der Waals surface area contributed by atoms with Crippen molar-refractivity contribution in [3.05, 3.63) is 62.8 Å². The predicted molar refractivity (Wildman–Crippen MR) is 85.3 cm³/mol. The van der Waals surface area contributed by atoms with Gasteiger partial charge < -0.3 is 10.1 Å². The van der Waals surface area contributed by atoms with Crippen molar-refractivity contribution >= 4 is 27.5 Å². The van der Waals surface area contributed by atoms with Crippen LogP contribution in [0.5, 0.6) is 5.75 Å². The monoisotopic (exact) mass is 369 g/mol. The van der Waals surface area contributed by atoms with Crippen molar-refractivity contribution in [2.75, 3.05) is 7.05 Å². The predicted octanol–water partition coefficient (Wildman–Crippen LogP) is 5.03. The highest BCUT2D eigenvalue weighted by Crippen LogP contribution is 2.42. The van der Waals surface area contributed by atoms with E-state index in [1.165, 1.54) is 12.1 Å². The van der Waals surface area contributed by atoms with Crippen LogP contribution >= 0.6 is 27.5 Å². The van der Waals surface area contributed by atoms with E-state index in [2.05, 4.69) is 21.2 Å². The molecule has 3 rings (SSSR count). The van der Waals surface area contributed by atoms with Crippen LogP contribution < -0.4 is 10.1 Å². The first-order valence-electron chi connectivity index (χ1n) is 6.67. The quantitative estimate of drug-likeness (QED) is 0.801. The van der Waals surface area contributed by atoms with Gasteiger partial charge in [-0.15, -0.1) is 0 Å². The minimum absolute atomic E-state index is 0.0319. The van der Waals surface area contributed by atoms with Gasteiger partial charge >= 0.3 is 0 Å². The second kappa shape index (κ2) is 5.95. The van der Waals surface area contributed by atoms with Crippen LogP contribution in [0.2, 0.25) is 5.02 Å². The van der Waals surface area contributed by atoms with Gasteiger partial charge in [-0.05, 0) is 43.4 Å².